The van der Waals surface area contributed by atoms with Gasteiger partial charge in [0.15, 0.2) is 0 Å². The van der Waals surface area contributed by atoms with Gasteiger partial charge in [0, 0.05) is 48.0 Å². The number of carbonyl (C=O) groups excluding carboxylic acids is 2. The van der Waals surface area contributed by atoms with E-state index in [0.29, 0.717) is 49.0 Å². The van der Waals surface area contributed by atoms with Crippen LogP contribution < -0.4 is 14.8 Å². The molecule has 0 aliphatic carbocycles. The monoisotopic (exact) mass is 513 g/mol. The van der Waals surface area contributed by atoms with Crippen molar-refractivity contribution in [3.63, 3.8) is 0 Å². The average Bonchev–Trinajstić information content (AvgIpc) is 3.53. The number of carbonyl (C=O) groups is 2. The summed E-state index contributed by atoms with van der Waals surface area (Å²) in [6.07, 6.45) is 0.916. The van der Waals surface area contributed by atoms with Crippen LogP contribution in [-0.4, -0.2) is 54.3 Å². The fraction of sp³-hybridized carbons (Fsp3) is 0.320. The van der Waals surface area contributed by atoms with Crippen LogP contribution in [0.15, 0.2) is 47.2 Å². The number of hydrogen-bond acceptors (Lipinski definition) is 7. The quantitative estimate of drug-likeness (QED) is 0.489. The number of halogens is 1. The van der Waals surface area contributed by atoms with Crippen molar-refractivity contribution in [3.8, 4) is 22.9 Å². The molecule has 2 saturated heterocycles. The van der Waals surface area contributed by atoms with Crippen LogP contribution in [0, 0.1) is 0 Å². The molecule has 0 unspecified atom stereocenters. The number of amides is 2. The fourth-order valence-electron chi connectivity index (χ4n) is 4.32. The van der Waals surface area contributed by atoms with Crippen molar-refractivity contribution in [1.29, 1.82) is 0 Å². The number of thiophene rings is 1. The van der Waals surface area contributed by atoms with Crippen molar-refractivity contribution in [2.45, 2.75) is 31.5 Å². The average molecular weight is 514 g/mol. The number of pyridine rings is 1. The number of piperidine rings is 1. The number of fused-ring (bicyclic) bond motifs is 1. The van der Waals surface area contributed by atoms with Crippen molar-refractivity contribution >= 4 is 34.9 Å². The molecule has 0 spiro atoms. The smallest absolute Gasteiger partial charge is 0.410 e. The van der Waals surface area contributed by atoms with E-state index in [9.17, 15) is 9.59 Å². The lowest BCUT2D eigenvalue weighted by atomic mass is 10.0. The SMILES string of the molecule is COc1nc(-c2ccsc2)c(O[C@H]2CCN3C(=O)OC[C@@H]3C2)cc1C(=O)NCc1ccc(Cl)cc1. The van der Waals surface area contributed by atoms with E-state index < -0.39 is 0 Å². The van der Waals surface area contributed by atoms with E-state index >= 15 is 0 Å². The zero-order valence-electron chi connectivity index (χ0n) is 19.0. The highest BCUT2D eigenvalue weighted by atomic mass is 35.5. The van der Waals surface area contributed by atoms with Crippen LogP contribution in [0.4, 0.5) is 4.79 Å². The molecule has 2 aliphatic heterocycles. The van der Waals surface area contributed by atoms with Gasteiger partial charge in [-0.1, -0.05) is 23.7 Å². The minimum absolute atomic E-state index is 0.000741. The maximum Gasteiger partial charge on any atom is 0.410 e. The summed E-state index contributed by atoms with van der Waals surface area (Å²) in [6, 6.07) is 10.9. The topological polar surface area (TPSA) is 90.0 Å². The molecular formula is C25H24ClN3O5S. The van der Waals surface area contributed by atoms with Crippen molar-refractivity contribution < 1.29 is 23.8 Å². The van der Waals surface area contributed by atoms with Gasteiger partial charge in [-0.05, 0) is 29.1 Å². The molecule has 5 rings (SSSR count). The van der Waals surface area contributed by atoms with Crippen LogP contribution in [-0.2, 0) is 11.3 Å². The van der Waals surface area contributed by atoms with Crippen LogP contribution in [0.5, 0.6) is 11.6 Å². The van der Waals surface area contributed by atoms with Crippen LogP contribution in [0.3, 0.4) is 0 Å². The fourth-order valence-corrected chi connectivity index (χ4v) is 5.09. The van der Waals surface area contributed by atoms with Gasteiger partial charge in [-0.25, -0.2) is 9.78 Å². The highest BCUT2D eigenvalue weighted by molar-refractivity contribution is 7.08. The second-order valence-corrected chi connectivity index (χ2v) is 9.62. The maximum absolute atomic E-state index is 13.1. The molecule has 3 aromatic rings. The zero-order valence-corrected chi connectivity index (χ0v) is 20.6. The Morgan fingerprint density at radius 2 is 2.14 bits per heavy atom. The van der Waals surface area contributed by atoms with E-state index in [-0.39, 0.29) is 35.6 Å². The molecule has 0 radical (unpaired) electrons. The highest BCUT2D eigenvalue weighted by Crippen LogP contribution is 2.36. The van der Waals surface area contributed by atoms with Crippen LogP contribution in [0.1, 0.15) is 28.8 Å². The third-order valence-electron chi connectivity index (χ3n) is 6.15. The number of benzene rings is 1. The first-order valence-corrected chi connectivity index (χ1v) is 12.6. The lowest BCUT2D eigenvalue weighted by Crippen LogP contribution is -2.44. The minimum Gasteiger partial charge on any atom is -0.488 e. The lowest BCUT2D eigenvalue weighted by molar-refractivity contribution is 0.0913. The van der Waals surface area contributed by atoms with Gasteiger partial charge >= 0.3 is 6.09 Å². The second-order valence-electron chi connectivity index (χ2n) is 8.40. The van der Waals surface area contributed by atoms with E-state index in [1.807, 2.05) is 29.0 Å². The van der Waals surface area contributed by atoms with Crippen LogP contribution in [0.2, 0.25) is 5.02 Å². The molecule has 1 aromatic carbocycles. The van der Waals surface area contributed by atoms with Gasteiger partial charge in [0.25, 0.3) is 5.91 Å². The number of hydrogen-bond donors (Lipinski definition) is 1. The maximum atomic E-state index is 13.1. The highest BCUT2D eigenvalue weighted by Gasteiger charge is 2.39. The van der Waals surface area contributed by atoms with Crippen LogP contribution >= 0.6 is 22.9 Å². The Balaban J connectivity index is 1.40. The Bertz CT molecular complexity index is 1220. The minimum atomic E-state index is -0.323. The number of methoxy groups -OCH3 is 1. The van der Waals surface area contributed by atoms with Gasteiger partial charge in [-0.2, -0.15) is 11.3 Å². The third kappa shape index (κ3) is 5.06. The Morgan fingerprint density at radius 3 is 2.89 bits per heavy atom. The van der Waals surface area contributed by atoms with Crippen molar-refractivity contribution in [2.75, 3.05) is 20.3 Å². The summed E-state index contributed by atoms with van der Waals surface area (Å²) < 4.78 is 17.1. The van der Waals surface area contributed by atoms with Crippen molar-refractivity contribution in [1.82, 2.24) is 15.2 Å². The van der Waals surface area contributed by atoms with Gasteiger partial charge in [0.1, 0.15) is 29.7 Å². The molecule has 8 nitrogen and oxygen atoms in total. The zero-order chi connectivity index (χ0) is 24.4. The Labute approximate surface area is 211 Å². The molecule has 0 bridgehead atoms. The molecule has 0 saturated carbocycles. The Morgan fingerprint density at radius 1 is 1.31 bits per heavy atom. The molecule has 182 valence electrons. The number of aromatic nitrogens is 1. The first-order chi connectivity index (χ1) is 17.0. The largest absolute Gasteiger partial charge is 0.488 e. The lowest BCUT2D eigenvalue weighted by Gasteiger charge is -2.33. The van der Waals surface area contributed by atoms with E-state index in [1.165, 1.54) is 7.11 Å². The van der Waals surface area contributed by atoms with E-state index in [1.54, 1.807) is 34.4 Å². The normalized spacial score (nSPS) is 19.1. The van der Waals surface area contributed by atoms with Gasteiger partial charge in [0.2, 0.25) is 5.88 Å². The van der Waals surface area contributed by atoms with Gasteiger partial charge in [-0.3, -0.25) is 4.79 Å². The van der Waals surface area contributed by atoms with Crippen LogP contribution in [0.25, 0.3) is 11.3 Å². The first kappa shape index (κ1) is 23.4. The summed E-state index contributed by atoms with van der Waals surface area (Å²) in [7, 11) is 1.49. The van der Waals surface area contributed by atoms with Crippen molar-refractivity contribution in [2.24, 2.45) is 0 Å². The summed E-state index contributed by atoms with van der Waals surface area (Å²) in [4.78, 5) is 31.4. The van der Waals surface area contributed by atoms with Gasteiger partial charge in [-0.15, -0.1) is 0 Å². The molecule has 2 fully saturated rings. The summed E-state index contributed by atoms with van der Waals surface area (Å²) >= 11 is 7.50. The molecule has 2 amide bonds. The molecule has 35 heavy (non-hydrogen) atoms. The molecule has 10 heteroatoms. The van der Waals surface area contributed by atoms with E-state index in [4.69, 9.17) is 25.8 Å². The summed E-state index contributed by atoms with van der Waals surface area (Å²) in [5, 5.41) is 7.48. The second kappa shape index (κ2) is 10.1. The Kier molecular flexibility index (Phi) is 6.79. The van der Waals surface area contributed by atoms with Gasteiger partial charge < -0.3 is 24.4 Å². The van der Waals surface area contributed by atoms with E-state index in [0.717, 1.165) is 11.1 Å². The van der Waals surface area contributed by atoms with E-state index in [2.05, 4.69) is 10.3 Å². The summed E-state index contributed by atoms with van der Waals surface area (Å²) in [5.74, 6) is 0.400. The van der Waals surface area contributed by atoms with Crippen molar-refractivity contribution in [3.05, 3.63) is 63.3 Å². The number of rotatable bonds is 7. The summed E-state index contributed by atoms with van der Waals surface area (Å²) in [6.45, 7) is 1.27. The molecule has 2 aromatic heterocycles. The number of ether oxygens (including phenoxy) is 3. The predicted molar refractivity (Wildman–Crippen MR) is 132 cm³/mol. The first-order valence-electron chi connectivity index (χ1n) is 11.3. The summed E-state index contributed by atoms with van der Waals surface area (Å²) in [5.41, 5.74) is 2.69. The Hall–Kier alpha value is -3.30. The molecule has 2 atom stereocenters. The number of cyclic esters (lactones) is 1. The number of nitrogens with one attached hydrogen (secondary N) is 1. The molecule has 1 N–H and O–H groups in total. The van der Waals surface area contributed by atoms with Gasteiger partial charge in [0.05, 0.1) is 13.2 Å². The number of nitrogens with zero attached hydrogens (tertiary/aromatic N) is 2. The molecule has 4 heterocycles. The predicted octanol–water partition coefficient (Wildman–Crippen LogP) is 4.76. The molecular weight excluding hydrogens is 490 g/mol. The molecule has 2 aliphatic rings. The standard InChI is InChI=1S/C25H24ClN3O5S/c1-32-24-20(23(30)27-12-15-2-4-17(26)5-3-15)11-21(22(28-24)16-7-9-35-14-16)34-19-6-8-29-18(10-19)13-33-25(29)31/h2-5,7,9,11,14,18-19H,6,8,10,12-13H2,1H3,(H,27,30)/t18-,19-/m0/s1. The third-order valence-corrected chi connectivity index (χ3v) is 7.08.